The summed E-state index contributed by atoms with van der Waals surface area (Å²) >= 11 is 0. The quantitative estimate of drug-likeness (QED) is 0.285. The second-order valence-corrected chi connectivity index (χ2v) is 2.69. The molecule has 0 bridgehead atoms. The molecule has 0 aliphatic carbocycles. The molecule has 0 saturated carbocycles. The first kappa shape index (κ1) is 10.7. The Morgan fingerprint density at radius 3 is 2.42 bits per heavy atom. The topological polar surface area (TPSA) is 49.9 Å². The van der Waals surface area contributed by atoms with Crippen LogP contribution in [0.2, 0.25) is 0 Å². The van der Waals surface area contributed by atoms with Gasteiger partial charge >= 0.3 is 0 Å². The molecule has 0 unspecified atom stereocenters. The Balaban J connectivity index is 4.36. The number of hydrogen-bond donors (Lipinski definition) is 2. The highest BCUT2D eigenvalue weighted by molar-refractivity contribution is 5.89. The maximum atomic E-state index is 7.05. The number of nitrogens with one attached hydrogen (secondary N) is 1. The lowest BCUT2D eigenvalue weighted by atomic mass is 10.1. The first-order valence-corrected chi connectivity index (χ1v) is 3.88. The van der Waals surface area contributed by atoms with Crippen LogP contribution in [0.4, 0.5) is 0 Å². The highest BCUT2D eigenvalue weighted by Crippen LogP contribution is 2.08. The SMILES string of the molecule is C=CC/C=C(C)/C(C)=C\C(=N)N. The van der Waals surface area contributed by atoms with Crippen molar-refractivity contribution in [2.75, 3.05) is 0 Å². The highest BCUT2D eigenvalue weighted by Gasteiger charge is 1.91. The van der Waals surface area contributed by atoms with Crippen molar-refractivity contribution in [2.24, 2.45) is 5.73 Å². The Kier molecular flexibility index (Phi) is 4.77. The monoisotopic (exact) mass is 164 g/mol. The van der Waals surface area contributed by atoms with Crippen molar-refractivity contribution in [3.63, 3.8) is 0 Å². The van der Waals surface area contributed by atoms with Crippen LogP contribution in [0.5, 0.6) is 0 Å². The molecule has 0 atom stereocenters. The predicted molar refractivity (Wildman–Crippen MR) is 54.2 cm³/mol. The van der Waals surface area contributed by atoms with Crippen molar-refractivity contribution in [1.82, 2.24) is 0 Å². The van der Waals surface area contributed by atoms with Crippen LogP contribution in [0.1, 0.15) is 20.3 Å². The Morgan fingerprint density at radius 1 is 1.42 bits per heavy atom. The van der Waals surface area contributed by atoms with Gasteiger partial charge in [0.15, 0.2) is 0 Å². The molecule has 3 N–H and O–H groups in total. The van der Waals surface area contributed by atoms with E-state index in [1.165, 1.54) is 0 Å². The molecule has 0 amide bonds. The summed E-state index contributed by atoms with van der Waals surface area (Å²) in [5, 5.41) is 7.05. The fourth-order valence-corrected chi connectivity index (χ4v) is 0.768. The van der Waals surface area contributed by atoms with Crippen molar-refractivity contribution < 1.29 is 0 Å². The van der Waals surface area contributed by atoms with Gasteiger partial charge in [-0.25, -0.2) is 0 Å². The highest BCUT2D eigenvalue weighted by atomic mass is 14.7. The van der Waals surface area contributed by atoms with Gasteiger partial charge in [0.1, 0.15) is 5.84 Å². The lowest BCUT2D eigenvalue weighted by molar-refractivity contribution is 1.27. The van der Waals surface area contributed by atoms with Crippen LogP contribution >= 0.6 is 0 Å². The molecule has 0 fully saturated rings. The summed E-state index contributed by atoms with van der Waals surface area (Å²) in [6.45, 7) is 7.56. The zero-order chi connectivity index (χ0) is 9.56. The minimum absolute atomic E-state index is 0.0962. The minimum Gasteiger partial charge on any atom is -0.384 e. The fraction of sp³-hybridized carbons (Fsp3) is 0.300. The van der Waals surface area contributed by atoms with Crippen molar-refractivity contribution >= 4 is 5.84 Å². The van der Waals surface area contributed by atoms with E-state index in [1.54, 1.807) is 6.08 Å². The zero-order valence-corrected chi connectivity index (χ0v) is 7.72. The summed E-state index contributed by atoms with van der Waals surface area (Å²) in [4.78, 5) is 0. The Bertz CT molecular complexity index is 234. The van der Waals surface area contributed by atoms with Crippen LogP contribution in [0, 0.1) is 5.41 Å². The van der Waals surface area contributed by atoms with Crippen molar-refractivity contribution in [2.45, 2.75) is 20.3 Å². The molecule has 66 valence electrons. The van der Waals surface area contributed by atoms with E-state index in [0.717, 1.165) is 17.6 Å². The van der Waals surface area contributed by atoms with Crippen molar-refractivity contribution in [3.05, 3.63) is 36.0 Å². The van der Waals surface area contributed by atoms with Gasteiger partial charge in [-0.1, -0.05) is 17.7 Å². The molecule has 0 aromatic rings. The standard InChI is InChI=1S/C10H16N2/c1-4-5-6-8(2)9(3)7-10(11)12/h4,6-7H,1,5H2,2-3H3,(H3,11,12)/b8-6+,9-7-. The third-order valence-corrected chi connectivity index (χ3v) is 1.58. The van der Waals surface area contributed by atoms with E-state index in [2.05, 4.69) is 12.7 Å². The van der Waals surface area contributed by atoms with Gasteiger partial charge in [0.05, 0.1) is 0 Å². The van der Waals surface area contributed by atoms with Gasteiger partial charge < -0.3 is 5.73 Å². The van der Waals surface area contributed by atoms with Crippen LogP contribution in [0.25, 0.3) is 0 Å². The number of nitrogens with two attached hydrogens (primary N) is 1. The summed E-state index contributed by atoms with van der Waals surface area (Å²) in [6, 6.07) is 0. The van der Waals surface area contributed by atoms with Gasteiger partial charge in [-0.2, -0.15) is 0 Å². The van der Waals surface area contributed by atoms with E-state index >= 15 is 0 Å². The molecule has 12 heavy (non-hydrogen) atoms. The summed E-state index contributed by atoms with van der Waals surface area (Å²) in [6.07, 6.45) is 6.40. The smallest absolute Gasteiger partial charge is 0.115 e. The molecule has 0 heterocycles. The molecule has 0 rings (SSSR count). The van der Waals surface area contributed by atoms with E-state index in [4.69, 9.17) is 11.1 Å². The average molecular weight is 164 g/mol. The van der Waals surface area contributed by atoms with Gasteiger partial charge in [-0.05, 0) is 31.9 Å². The molecule has 0 aliphatic heterocycles. The number of hydrogen-bond acceptors (Lipinski definition) is 1. The van der Waals surface area contributed by atoms with Crippen LogP contribution in [0.15, 0.2) is 36.0 Å². The van der Waals surface area contributed by atoms with Gasteiger partial charge in [-0.15, -0.1) is 6.58 Å². The molecular weight excluding hydrogens is 148 g/mol. The number of allylic oxidation sites excluding steroid dienone is 4. The van der Waals surface area contributed by atoms with E-state index in [0.29, 0.717) is 0 Å². The zero-order valence-electron chi connectivity index (χ0n) is 7.72. The van der Waals surface area contributed by atoms with Gasteiger partial charge in [0, 0.05) is 0 Å². The average Bonchev–Trinajstić information content (AvgIpc) is 1.98. The Labute approximate surface area is 74.0 Å². The number of rotatable bonds is 4. The largest absolute Gasteiger partial charge is 0.384 e. The molecule has 0 aromatic carbocycles. The lowest BCUT2D eigenvalue weighted by Gasteiger charge is -1.99. The predicted octanol–water partition coefficient (Wildman–Crippen LogP) is 2.39. The lowest BCUT2D eigenvalue weighted by Crippen LogP contribution is -2.05. The maximum absolute atomic E-state index is 7.05. The first-order valence-electron chi connectivity index (χ1n) is 3.88. The third-order valence-electron chi connectivity index (χ3n) is 1.58. The molecule has 0 spiro atoms. The summed E-state index contributed by atoms with van der Waals surface area (Å²) in [5.41, 5.74) is 7.39. The maximum Gasteiger partial charge on any atom is 0.115 e. The Hall–Kier alpha value is -1.31. The van der Waals surface area contributed by atoms with E-state index in [9.17, 15) is 0 Å². The fourth-order valence-electron chi connectivity index (χ4n) is 0.768. The number of amidine groups is 1. The van der Waals surface area contributed by atoms with Crippen LogP contribution in [-0.2, 0) is 0 Å². The van der Waals surface area contributed by atoms with Crippen molar-refractivity contribution in [1.29, 1.82) is 5.41 Å². The Morgan fingerprint density at radius 2 is 2.00 bits per heavy atom. The molecule has 0 radical (unpaired) electrons. The summed E-state index contributed by atoms with van der Waals surface area (Å²) < 4.78 is 0. The molecule has 0 saturated heterocycles. The second-order valence-electron chi connectivity index (χ2n) is 2.69. The van der Waals surface area contributed by atoms with Gasteiger partial charge in [-0.3, -0.25) is 5.41 Å². The normalized spacial score (nSPS) is 12.8. The third kappa shape index (κ3) is 4.50. The first-order chi connectivity index (χ1) is 5.57. The van der Waals surface area contributed by atoms with Crippen molar-refractivity contribution in [3.8, 4) is 0 Å². The van der Waals surface area contributed by atoms with E-state index in [-0.39, 0.29) is 5.84 Å². The minimum atomic E-state index is 0.0962. The molecular formula is C10H16N2. The summed E-state index contributed by atoms with van der Waals surface area (Å²) in [5.74, 6) is 0.0962. The van der Waals surface area contributed by atoms with Crippen LogP contribution in [0.3, 0.4) is 0 Å². The second kappa shape index (κ2) is 5.35. The van der Waals surface area contributed by atoms with E-state index in [1.807, 2.05) is 19.9 Å². The molecule has 2 nitrogen and oxygen atoms in total. The van der Waals surface area contributed by atoms with Crippen LogP contribution in [-0.4, -0.2) is 5.84 Å². The van der Waals surface area contributed by atoms with Gasteiger partial charge in [0.25, 0.3) is 0 Å². The molecule has 0 aromatic heterocycles. The summed E-state index contributed by atoms with van der Waals surface area (Å²) in [7, 11) is 0. The van der Waals surface area contributed by atoms with Crippen LogP contribution < -0.4 is 5.73 Å². The van der Waals surface area contributed by atoms with Gasteiger partial charge in [0.2, 0.25) is 0 Å². The molecule has 0 aliphatic rings. The van der Waals surface area contributed by atoms with E-state index < -0.39 is 0 Å². The molecule has 2 heteroatoms.